The maximum atomic E-state index is 2.49. The highest BCUT2D eigenvalue weighted by Gasteiger charge is 2.37. The van der Waals surface area contributed by atoms with Gasteiger partial charge in [0.2, 0.25) is 0 Å². The molecule has 22 rings (SSSR count). The molecule has 0 amide bonds. The molecule has 2 aliphatic rings. The molecule has 0 atom stereocenters. The fraction of sp³-hybridized carbons (Fsp3) is 0.0545. The Balaban J connectivity index is 0.000000140. The Labute approximate surface area is 642 Å². The summed E-state index contributed by atoms with van der Waals surface area (Å²) in [7, 11) is 0. The van der Waals surface area contributed by atoms with Gasteiger partial charge in [0.1, 0.15) is 0 Å². The Bertz CT molecular complexity index is 7190. The van der Waals surface area contributed by atoms with Gasteiger partial charge in [0.05, 0.1) is 0 Å². The second-order valence-corrected chi connectivity index (χ2v) is 31.3. The third kappa shape index (κ3) is 10.6. The zero-order valence-electron chi connectivity index (χ0n) is 62.0. The van der Waals surface area contributed by atoms with Gasteiger partial charge < -0.3 is 0 Å². The number of hydrogen-bond acceptors (Lipinski definition) is 0. The van der Waals surface area contributed by atoms with E-state index >= 15 is 0 Å². The molecule has 0 aromatic heterocycles. The molecular weight excluding hydrogens is 1320 g/mol. The van der Waals surface area contributed by atoms with Crippen LogP contribution in [0.4, 0.5) is 0 Å². The van der Waals surface area contributed by atoms with Crippen LogP contribution >= 0.6 is 0 Å². The first-order chi connectivity index (χ1) is 54.0. The summed E-state index contributed by atoms with van der Waals surface area (Å²) in [5.41, 5.74) is 30.7. The molecular formula is C110H76. The molecule has 516 valence electrons. The van der Waals surface area contributed by atoms with Gasteiger partial charge in [-0.25, -0.2) is 0 Å². The van der Waals surface area contributed by atoms with Crippen LogP contribution in [-0.4, -0.2) is 0 Å². The smallest absolute Gasteiger partial charge is 0.0159 e. The van der Waals surface area contributed by atoms with E-state index in [1.807, 2.05) is 0 Å². The van der Waals surface area contributed by atoms with E-state index in [2.05, 4.69) is 416 Å². The SMILES string of the molecule is CC1(C)c2ccccc2-c2ccc(-c3c4ccccc4c(-c4ccc(-c5cccc6ccccc56)cc4)c4ccc(-c5ccc6ccccc6c5)cc34)cc21.CC1(C)c2ccccc2-c2ccc(-c3c4ccccc4c(-c4cccc(-c5ccc6ccccc6c5)c4)c4ccc(-c5ccc6ccccc6c5)cc34)cc21. The van der Waals surface area contributed by atoms with Crippen LogP contribution in [0.1, 0.15) is 49.9 Å². The van der Waals surface area contributed by atoms with E-state index in [1.54, 1.807) is 0 Å². The summed E-state index contributed by atoms with van der Waals surface area (Å²) in [6.07, 6.45) is 0. The zero-order valence-corrected chi connectivity index (χ0v) is 62.0. The minimum absolute atomic E-state index is 0.0877. The third-order valence-corrected chi connectivity index (χ3v) is 24.5. The van der Waals surface area contributed by atoms with Crippen LogP contribution in [0.2, 0.25) is 0 Å². The monoisotopic (exact) mass is 1400 g/mol. The summed E-state index contributed by atoms with van der Waals surface area (Å²) in [5.74, 6) is 0. The normalized spacial score (nSPS) is 13.1. The predicted octanol–water partition coefficient (Wildman–Crippen LogP) is 30.5. The number of benzene rings is 20. The van der Waals surface area contributed by atoms with Crippen LogP contribution in [0.3, 0.4) is 0 Å². The molecule has 110 heavy (non-hydrogen) atoms. The van der Waals surface area contributed by atoms with Crippen molar-refractivity contribution in [2.75, 3.05) is 0 Å². The molecule has 0 bridgehead atoms. The molecule has 2 aliphatic carbocycles. The minimum Gasteiger partial charge on any atom is -0.0619 e. The van der Waals surface area contributed by atoms with Gasteiger partial charge in [-0.1, -0.05) is 367 Å². The summed E-state index contributed by atoms with van der Waals surface area (Å²) in [5, 5.41) is 20.2. The summed E-state index contributed by atoms with van der Waals surface area (Å²) in [6, 6.07) is 145. The van der Waals surface area contributed by atoms with Crippen molar-refractivity contribution in [3.63, 3.8) is 0 Å². The molecule has 20 aromatic rings. The number of hydrogen-bond donors (Lipinski definition) is 0. The fourth-order valence-corrected chi connectivity index (χ4v) is 18.9. The van der Waals surface area contributed by atoms with Crippen molar-refractivity contribution in [3.8, 4) is 111 Å². The van der Waals surface area contributed by atoms with Gasteiger partial charge in [-0.05, 0) is 268 Å². The second-order valence-electron chi connectivity index (χ2n) is 31.3. The number of fused-ring (bicyclic) bond motifs is 14. The van der Waals surface area contributed by atoms with Crippen LogP contribution in [0.5, 0.6) is 0 Å². The van der Waals surface area contributed by atoms with Crippen LogP contribution in [0, 0.1) is 0 Å². The summed E-state index contributed by atoms with van der Waals surface area (Å²) in [4.78, 5) is 0. The second kappa shape index (κ2) is 25.6. The predicted molar refractivity (Wildman–Crippen MR) is 472 cm³/mol. The maximum absolute atomic E-state index is 2.49. The van der Waals surface area contributed by atoms with E-state index in [0.717, 1.165) is 0 Å². The quantitative estimate of drug-likeness (QED) is 0.133. The Morgan fingerprint density at radius 2 is 0.418 bits per heavy atom. The molecule has 0 aliphatic heterocycles. The van der Waals surface area contributed by atoms with E-state index in [9.17, 15) is 0 Å². The van der Waals surface area contributed by atoms with Gasteiger partial charge in [-0.15, -0.1) is 0 Å². The molecule has 0 saturated heterocycles. The highest BCUT2D eigenvalue weighted by atomic mass is 14.4. The van der Waals surface area contributed by atoms with Crippen LogP contribution < -0.4 is 0 Å². The number of rotatable bonds is 8. The van der Waals surface area contributed by atoms with E-state index in [0.29, 0.717) is 0 Å². The lowest BCUT2D eigenvalue weighted by Gasteiger charge is -2.23. The Kier molecular flexibility index (Phi) is 15.1. The standard InChI is InChI=1S/2C55H38/c1-55(2)51-21-10-9-18-45(51)46-28-27-44(34-52(46)55)54-48-20-8-7-19-47(48)53(43-17-11-16-39(32-43)40-24-22-35-12-3-5-14-37(35)30-40)49-29-26-42(33-50(49)54)41-25-23-36-13-4-6-15-38(36)31-41;1-55(2)51-21-10-9-17-45(51)46-30-29-42(34-52(46)55)54-48-19-8-7-18-47(48)53(38-25-23-37(24-26-38)44-20-11-15-36-13-5-6-16-43(36)44)49-31-28-41(33-50(49)54)40-27-22-35-12-3-4-14-39(35)32-40/h2*3-34H,1-2H3. The first-order valence-corrected chi connectivity index (χ1v) is 38.7. The van der Waals surface area contributed by atoms with Crippen molar-refractivity contribution >= 4 is 86.2 Å². The zero-order chi connectivity index (χ0) is 73.3. The van der Waals surface area contributed by atoms with Crippen molar-refractivity contribution in [2.24, 2.45) is 0 Å². The lowest BCUT2D eigenvalue weighted by atomic mass is 9.80. The lowest BCUT2D eigenvalue weighted by Crippen LogP contribution is -2.14. The van der Waals surface area contributed by atoms with E-state index in [1.165, 1.54) is 220 Å². The molecule has 0 unspecified atom stereocenters. The Morgan fingerprint density at radius 1 is 0.136 bits per heavy atom. The van der Waals surface area contributed by atoms with Crippen molar-refractivity contribution in [1.29, 1.82) is 0 Å². The maximum Gasteiger partial charge on any atom is 0.0159 e. The van der Waals surface area contributed by atoms with E-state index in [4.69, 9.17) is 0 Å². The van der Waals surface area contributed by atoms with Crippen LogP contribution in [0.15, 0.2) is 388 Å². The van der Waals surface area contributed by atoms with Crippen molar-refractivity contribution < 1.29 is 0 Å². The van der Waals surface area contributed by atoms with Gasteiger partial charge in [-0.3, -0.25) is 0 Å². The summed E-state index contributed by atoms with van der Waals surface area (Å²) in [6.45, 7) is 9.50. The third-order valence-electron chi connectivity index (χ3n) is 24.5. The highest BCUT2D eigenvalue weighted by molar-refractivity contribution is 6.24. The average molecular weight is 1400 g/mol. The molecule has 20 aromatic carbocycles. The molecule has 0 saturated carbocycles. The topological polar surface area (TPSA) is 0 Å². The lowest BCUT2D eigenvalue weighted by molar-refractivity contribution is 0.660. The van der Waals surface area contributed by atoms with Gasteiger partial charge in [0.25, 0.3) is 0 Å². The summed E-state index contributed by atoms with van der Waals surface area (Å²) < 4.78 is 0. The average Bonchev–Trinajstić information content (AvgIpc) is 1.28. The molecule has 0 fully saturated rings. The van der Waals surface area contributed by atoms with Gasteiger partial charge >= 0.3 is 0 Å². The molecule has 0 N–H and O–H groups in total. The molecule has 0 spiro atoms. The van der Waals surface area contributed by atoms with Crippen molar-refractivity contribution in [1.82, 2.24) is 0 Å². The fourth-order valence-electron chi connectivity index (χ4n) is 18.9. The van der Waals surface area contributed by atoms with E-state index < -0.39 is 0 Å². The molecule has 0 heteroatoms. The summed E-state index contributed by atoms with van der Waals surface area (Å²) >= 11 is 0. The molecule has 0 radical (unpaired) electrons. The van der Waals surface area contributed by atoms with E-state index in [-0.39, 0.29) is 10.8 Å². The first kappa shape index (κ1) is 64.8. The Morgan fingerprint density at radius 3 is 0.891 bits per heavy atom. The largest absolute Gasteiger partial charge is 0.0619 e. The molecule has 0 heterocycles. The van der Waals surface area contributed by atoms with Crippen molar-refractivity contribution in [2.45, 2.75) is 38.5 Å². The first-order valence-electron chi connectivity index (χ1n) is 38.7. The Hall–Kier alpha value is -13.5. The minimum atomic E-state index is -0.0903. The van der Waals surface area contributed by atoms with Gasteiger partial charge in [0.15, 0.2) is 0 Å². The highest BCUT2D eigenvalue weighted by Crippen LogP contribution is 2.55. The van der Waals surface area contributed by atoms with Crippen LogP contribution in [-0.2, 0) is 10.8 Å². The molecule has 0 nitrogen and oxygen atoms in total. The van der Waals surface area contributed by atoms with Gasteiger partial charge in [0, 0.05) is 10.8 Å². The van der Waals surface area contributed by atoms with Gasteiger partial charge in [-0.2, -0.15) is 0 Å². The van der Waals surface area contributed by atoms with Crippen molar-refractivity contribution in [3.05, 3.63) is 411 Å². The van der Waals surface area contributed by atoms with Crippen LogP contribution in [0.25, 0.3) is 197 Å².